The molecule has 0 saturated carbocycles. The number of carbonyl (C=O) groups excluding carboxylic acids is 1. The van der Waals surface area contributed by atoms with Crippen LogP contribution >= 0.6 is 0 Å². The molecule has 32 heteroatoms. The van der Waals surface area contributed by atoms with E-state index in [1.54, 1.807) is 0 Å². The van der Waals surface area contributed by atoms with Crippen molar-refractivity contribution >= 4 is 6.16 Å². The van der Waals surface area contributed by atoms with E-state index >= 15 is 0 Å². The molecule has 22 fully saturated rings. The molecule has 32 nitrogen and oxygen atoms in total. The van der Waals surface area contributed by atoms with Crippen LogP contribution in [0.1, 0.15) is 45.4 Å². The molecule has 448 valence electrons. The van der Waals surface area contributed by atoms with Crippen LogP contribution in [0.15, 0.2) is 0 Å². The summed E-state index contributed by atoms with van der Waals surface area (Å²) in [5.41, 5.74) is 0. The first-order valence-corrected chi connectivity index (χ1v) is 25.7. The molecule has 77 heavy (non-hydrogen) atoms. The largest absolute Gasteiger partial charge is 0.508 e. The highest BCUT2D eigenvalue weighted by atomic mass is 16.8. The lowest BCUT2D eigenvalue weighted by molar-refractivity contribution is -0.404. The number of ether oxygens (including phenoxy) is 14. The molecule has 0 spiro atoms. The van der Waals surface area contributed by atoms with Gasteiger partial charge >= 0.3 is 6.16 Å². The van der Waals surface area contributed by atoms with E-state index < -0.39 is 230 Å². The fourth-order valence-electron chi connectivity index (χ4n) is 10.2. The smallest absolute Gasteiger partial charge is 0.434 e. The summed E-state index contributed by atoms with van der Waals surface area (Å²) < 4.78 is 80.1. The Morgan fingerprint density at radius 1 is 0.325 bits per heavy atom. The molecule has 0 aromatic carbocycles. The Morgan fingerprint density at radius 3 is 0.857 bits per heavy atom. The zero-order valence-corrected chi connectivity index (χ0v) is 41.7. The summed E-state index contributed by atoms with van der Waals surface area (Å²) >= 11 is 0. The van der Waals surface area contributed by atoms with Crippen LogP contribution in [-0.2, 0) is 66.3 Å². The second kappa shape index (κ2) is 28.4. The predicted octanol–water partition coefficient (Wildman–Crippen LogP) is -9.53. The number of hydrogen-bond donors (Lipinski definition) is 17. The fourth-order valence-corrected chi connectivity index (χ4v) is 10.2. The maximum Gasteiger partial charge on any atom is 0.508 e. The van der Waals surface area contributed by atoms with E-state index in [-0.39, 0.29) is 6.61 Å². The Hall–Kier alpha value is -1.89. The van der Waals surface area contributed by atoms with Gasteiger partial charge in [0.1, 0.15) is 140 Å². The summed E-state index contributed by atoms with van der Waals surface area (Å²) in [7, 11) is 0. The fraction of sp³-hybridized carbons (Fsp3) is 0.978. The van der Waals surface area contributed by atoms with E-state index in [1.165, 1.54) is 0 Å². The van der Waals surface area contributed by atoms with Crippen molar-refractivity contribution in [2.75, 3.05) is 46.2 Å². The van der Waals surface area contributed by atoms with Crippen LogP contribution in [0.5, 0.6) is 0 Å². The number of rotatable bonds is 14. The van der Waals surface area contributed by atoms with Crippen molar-refractivity contribution in [3.63, 3.8) is 0 Å². The van der Waals surface area contributed by atoms with Gasteiger partial charge in [0.05, 0.1) is 46.2 Å². The Balaban J connectivity index is 1.20. The van der Waals surface area contributed by atoms with Gasteiger partial charge in [0.15, 0.2) is 43.8 Å². The van der Waals surface area contributed by atoms with Gasteiger partial charge in [-0.25, -0.2) is 4.79 Å². The summed E-state index contributed by atoms with van der Waals surface area (Å²) in [5, 5.41) is 188. The Labute approximate surface area is 439 Å². The highest BCUT2D eigenvalue weighted by molar-refractivity contribution is 5.60. The molecular weight excluding hydrogens is 1050 g/mol. The standard InChI is InChI=1S/C45H76O32/c1-2-3-4-5-6-7-8-64-45(63)77-38-31(62)44-70-20(14-51)37(38)76-43-30(61)25(56)35(18(12-49)69-43)74-41-28(59)23(54)33(16(10-47)67-41)72-39-26(57)21(52)32(15(9-46)65-39)71-40-27(58)22(53)34(17(11-48)66-40)73-42-29(60)24(55)36(75-44)19(13-50)68-42/h15-44,46-62H,2-14H2,1H3/t15-,16-,17-,18-,19-,20-,21-,22-,23-,24-,25-,26-,27-,28-,29-,30-,31-,32-,33-,34-,35-,36-,37+,38-,39-,40-,41-,42-,43-,44-/m1/s1. The lowest BCUT2D eigenvalue weighted by Gasteiger charge is -2.50. The molecule has 30 atom stereocenters. The molecule has 0 aliphatic carbocycles. The average Bonchev–Trinajstić information content (AvgIpc) is 3.42. The van der Waals surface area contributed by atoms with Gasteiger partial charge in [-0.15, -0.1) is 0 Å². The first kappa shape index (κ1) is 62.7. The summed E-state index contributed by atoms with van der Waals surface area (Å²) in [6, 6.07) is 0. The summed E-state index contributed by atoms with van der Waals surface area (Å²) in [6.45, 7) is -4.29. The van der Waals surface area contributed by atoms with Crippen LogP contribution in [0.3, 0.4) is 0 Å². The summed E-state index contributed by atoms with van der Waals surface area (Å²) in [6.07, 6.45) is -56.3. The van der Waals surface area contributed by atoms with Crippen LogP contribution in [-0.4, -0.2) is 323 Å². The van der Waals surface area contributed by atoms with Crippen LogP contribution < -0.4 is 0 Å². The van der Waals surface area contributed by atoms with Gasteiger partial charge < -0.3 is 153 Å². The van der Waals surface area contributed by atoms with E-state index in [0.717, 1.165) is 25.7 Å². The van der Waals surface area contributed by atoms with Crippen molar-refractivity contribution in [3.8, 4) is 0 Å². The van der Waals surface area contributed by atoms with Crippen LogP contribution in [0.4, 0.5) is 4.79 Å². The highest BCUT2D eigenvalue weighted by Crippen LogP contribution is 2.38. The maximum atomic E-state index is 13.3. The van der Waals surface area contributed by atoms with Gasteiger partial charge in [-0.05, 0) is 6.42 Å². The Bertz CT molecular complexity index is 1770. The molecule has 22 rings (SSSR count). The monoisotopic (exact) mass is 1130 g/mol. The van der Waals surface area contributed by atoms with Crippen LogP contribution in [0.25, 0.3) is 0 Å². The third-order valence-electron chi connectivity index (χ3n) is 14.6. The van der Waals surface area contributed by atoms with Crippen molar-refractivity contribution in [2.45, 2.75) is 230 Å². The lowest BCUT2D eigenvalue weighted by Crippen LogP contribution is -2.69. The SMILES string of the molecule is CCCCCCCCOC(=O)O[C@@H]1[C@@H](O)[C@H]2O[C@H]3[C@H](O)[C@@H](O)[C@@H](O[C@H]4[C@H](O)[C@@H](O)[C@@H](O[C@H]5[C@H](O)[C@@H](O)[C@@H](O[C@H]6[C@H](O)[C@@H](O)[C@@H](O[C@H]7[C@H](O)[C@@H](O)[C@@H](O[C@H]1[C@@H](CO)O2)O[C@@H]7CO)O[C@@H]6CO)O[C@@H]5CO)O[C@@H]4CO)O[C@@H]3CO. The lowest BCUT2D eigenvalue weighted by atomic mass is 9.94. The normalized spacial score (nSPS) is 49.0. The molecule has 0 amide bonds. The zero-order chi connectivity index (χ0) is 56.0. The topological polar surface area (TPSA) is 490 Å². The molecule has 22 aliphatic heterocycles. The second-order valence-corrected chi connectivity index (χ2v) is 19.8. The minimum Gasteiger partial charge on any atom is -0.434 e. The molecule has 0 aromatic rings. The summed E-state index contributed by atoms with van der Waals surface area (Å²) in [4.78, 5) is 13.3. The van der Waals surface area contributed by atoms with Gasteiger partial charge in [-0.2, -0.15) is 0 Å². The first-order valence-electron chi connectivity index (χ1n) is 25.7. The third-order valence-corrected chi connectivity index (χ3v) is 14.6. The maximum absolute atomic E-state index is 13.3. The average molecular weight is 1130 g/mol. The number of unbranched alkanes of at least 4 members (excludes halogenated alkanes) is 5. The van der Waals surface area contributed by atoms with E-state index in [0.29, 0.717) is 12.8 Å². The van der Waals surface area contributed by atoms with Crippen molar-refractivity contribution in [2.24, 2.45) is 0 Å². The van der Waals surface area contributed by atoms with Crippen molar-refractivity contribution in [1.82, 2.24) is 0 Å². The summed E-state index contributed by atoms with van der Waals surface area (Å²) in [5.74, 6) is 0. The van der Waals surface area contributed by atoms with E-state index in [1.807, 2.05) is 6.92 Å². The predicted molar refractivity (Wildman–Crippen MR) is 239 cm³/mol. The molecule has 22 saturated heterocycles. The molecule has 22 heterocycles. The van der Waals surface area contributed by atoms with Crippen LogP contribution in [0, 0.1) is 0 Å². The molecule has 12 bridgehead atoms. The zero-order valence-electron chi connectivity index (χ0n) is 41.7. The van der Waals surface area contributed by atoms with Gasteiger partial charge in [0.2, 0.25) is 0 Å². The van der Waals surface area contributed by atoms with E-state index in [4.69, 9.17) is 66.3 Å². The van der Waals surface area contributed by atoms with Crippen LogP contribution in [0.2, 0.25) is 0 Å². The Kier molecular flexibility index (Phi) is 23.1. The van der Waals surface area contributed by atoms with E-state index in [9.17, 15) is 91.6 Å². The molecule has 0 aromatic heterocycles. The second-order valence-electron chi connectivity index (χ2n) is 19.8. The molecule has 0 unspecified atom stereocenters. The van der Waals surface area contributed by atoms with E-state index in [2.05, 4.69) is 0 Å². The van der Waals surface area contributed by atoms with Crippen molar-refractivity contribution in [1.29, 1.82) is 0 Å². The number of carbonyl (C=O) groups is 1. The molecule has 0 radical (unpaired) electrons. The minimum atomic E-state index is -2.23. The van der Waals surface area contributed by atoms with Gasteiger partial charge in [-0.1, -0.05) is 39.0 Å². The third kappa shape index (κ3) is 13.8. The quantitative estimate of drug-likeness (QED) is 0.0567. The molecule has 22 aliphatic rings. The minimum absolute atomic E-state index is 0.145. The number of aliphatic hydroxyl groups is 17. The number of aliphatic hydroxyl groups excluding tert-OH is 17. The van der Waals surface area contributed by atoms with Gasteiger partial charge in [-0.3, -0.25) is 0 Å². The first-order chi connectivity index (χ1) is 36.9. The number of hydrogen-bond acceptors (Lipinski definition) is 32. The Morgan fingerprint density at radius 2 is 0.571 bits per heavy atom. The van der Waals surface area contributed by atoms with Crippen molar-refractivity contribution in [3.05, 3.63) is 0 Å². The van der Waals surface area contributed by atoms with Crippen molar-refractivity contribution < 1.29 is 158 Å². The molecular formula is C45H76O32. The van der Waals surface area contributed by atoms with Gasteiger partial charge in [0.25, 0.3) is 0 Å². The highest BCUT2D eigenvalue weighted by Gasteiger charge is 2.59. The molecule has 17 N–H and O–H groups in total. The van der Waals surface area contributed by atoms with Gasteiger partial charge in [0, 0.05) is 0 Å².